The van der Waals surface area contributed by atoms with Gasteiger partial charge in [0.25, 0.3) is 0 Å². The molecule has 76 valence electrons. The molecule has 0 bridgehead atoms. The van der Waals surface area contributed by atoms with Crippen LogP contribution in [0.1, 0.15) is 19.3 Å². The number of hydrogen-bond donors (Lipinski definition) is 2. The fourth-order valence-electron chi connectivity index (χ4n) is 1.15. The first-order chi connectivity index (χ1) is 6.35. The fraction of sp³-hybridized carbons (Fsp3) is 1.00. The minimum absolute atomic E-state index is 0.327. The van der Waals surface area contributed by atoms with Crippen LogP contribution >= 0.6 is 0 Å². The second-order valence-corrected chi connectivity index (χ2v) is 3.00. The van der Waals surface area contributed by atoms with E-state index in [1.807, 2.05) is 14.1 Å². The maximum atomic E-state index is 8.14. The fourth-order valence-corrected chi connectivity index (χ4v) is 1.15. The third-order valence-electron chi connectivity index (χ3n) is 2.00. The number of hydrogen-bond acceptors (Lipinski definition) is 3. The molecular weight excluding hydrogens is 166 g/mol. The van der Waals surface area contributed by atoms with Crippen LogP contribution in [0.4, 0.5) is 0 Å². The number of unbranched alkanes of at least 4 members (excludes halogenated alkanes) is 1. The van der Waals surface area contributed by atoms with Crippen LogP contribution in [-0.2, 0) is 0 Å². The zero-order valence-corrected chi connectivity index (χ0v) is 8.45. The van der Waals surface area contributed by atoms with Crippen LogP contribution < -0.4 is 10.6 Å². The molecule has 0 aliphatic carbocycles. The molecule has 2 N–H and O–H groups in total. The van der Waals surface area contributed by atoms with Gasteiger partial charge in [-0.3, -0.25) is 0 Å². The zero-order valence-electron chi connectivity index (χ0n) is 8.45. The van der Waals surface area contributed by atoms with Crippen molar-refractivity contribution in [2.75, 3.05) is 27.2 Å². The maximum Gasteiger partial charge on any atom is 0.0411 e. The standard InChI is InChI=1S/C8H19N5/c1-10-6-4-3-5-8(11-2)7-12-13-9/h8,10-11H,3-7H2,1-2H3/t8-/m0/s1. The van der Waals surface area contributed by atoms with Crippen molar-refractivity contribution in [3.8, 4) is 0 Å². The minimum atomic E-state index is 0.327. The van der Waals surface area contributed by atoms with Gasteiger partial charge in [-0.05, 0) is 39.0 Å². The number of rotatable bonds is 8. The van der Waals surface area contributed by atoms with Gasteiger partial charge < -0.3 is 10.6 Å². The van der Waals surface area contributed by atoms with E-state index in [0.717, 1.165) is 19.4 Å². The summed E-state index contributed by atoms with van der Waals surface area (Å²) in [6.45, 7) is 1.60. The van der Waals surface area contributed by atoms with Crippen LogP contribution in [-0.4, -0.2) is 33.2 Å². The number of nitrogens with zero attached hydrogens (tertiary/aromatic N) is 3. The summed E-state index contributed by atoms with van der Waals surface area (Å²) in [5.41, 5.74) is 8.14. The summed E-state index contributed by atoms with van der Waals surface area (Å²) < 4.78 is 0. The summed E-state index contributed by atoms with van der Waals surface area (Å²) in [6.07, 6.45) is 3.40. The van der Waals surface area contributed by atoms with E-state index in [1.165, 1.54) is 6.42 Å². The minimum Gasteiger partial charge on any atom is -0.320 e. The van der Waals surface area contributed by atoms with Gasteiger partial charge in [0.15, 0.2) is 0 Å². The lowest BCUT2D eigenvalue weighted by atomic mass is 10.1. The Kier molecular flexibility index (Phi) is 8.77. The molecule has 0 saturated heterocycles. The van der Waals surface area contributed by atoms with E-state index in [9.17, 15) is 0 Å². The molecule has 5 nitrogen and oxygen atoms in total. The summed E-state index contributed by atoms with van der Waals surface area (Å²) in [7, 11) is 3.85. The Morgan fingerprint density at radius 1 is 1.38 bits per heavy atom. The van der Waals surface area contributed by atoms with Crippen molar-refractivity contribution < 1.29 is 0 Å². The predicted molar refractivity (Wildman–Crippen MR) is 54.6 cm³/mol. The van der Waals surface area contributed by atoms with Gasteiger partial charge in [0.1, 0.15) is 0 Å². The second-order valence-electron chi connectivity index (χ2n) is 3.00. The molecule has 0 amide bonds. The molecule has 0 aromatic carbocycles. The van der Waals surface area contributed by atoms with E-state index < -0.39 is 0 Å². The highest BCUT2D eigenvalue weighted by molar-refractivity contribution is 4.67. The third-order valence-corrected chi connectivity index (χ3v) is 2.00. The average molecular weight is 185 g/mol. The summed E-state index contributed by atoms with van der Waals surface area (Å²) >= 11 is 0. The molecule has 1 atom stereocenters. The summed E-state index contributed by atoms with van der Waals surface area (Å²) in [5, 5.41) is 9.77. The molecule has 0 saturated carbocycles. The predicted octanol–water partition coefficient (Wildman–Crippen LogP) is 1.27. The highest BCUT2D eigenvalue weighted by atomic mass is 15.1. The molecule has 0 fully saturated rings. The monoisotopic (exact) mass is 185 g/mol. The van der Waals surface area contributed by atoms with Gasteiger partial charge in [-0.2, -0.15) is 0 Å². The smallest absolute Gasteiger partial charge is 0.0411 e. The molecule has 0 aliphatic rings. The summed E-state index contributed by atoms with van der Waals surface area (Å²) in [4.78, 5) is 2.74. The van der Waals surface area contributed by atoms with Crippen molar-refractivity contribution in [1.82, 2.24) is 10.6 Å². The topological polar surface area (TPSA) is 72.8 Å². The van der Waals surface area contributed by atoms with Crippen molar-refractivity contribution in [3.63, 3.8) is 0 Å². The average Bonchev–Trinajstić information content (AvgIpc) is 2.17. The Bertz CT molecular complexity index is 153. The van der Waals surface area contributed by atoms with Crippen molar-refractivity contribution in [3.05, 3.63) is 10.4 Å². The van der Waals surface area contributed by atoms with Crippen molar-refractivity contribution in [1.29, 1.82) is 0 Å². The molecule has 0 spiro atoms. The Hall–Kier alpha value is -0.770. The first-order valence-electron chi connectivity index (χ1n) is 4.67. The van der Waals surface area contributed by atoms with Crippen molar-refractivity contribution in [2.45, 2.75) is 25.3 Å². The van der Waals surface area contributed by atoms with Crippen LogP contribution in [0.15, 0.2) is 5.11 Å². The Balaban J connectivity index is 3.41. The normalized spacial score (nSPS) is 12.2. The molecule has 13 heavy (non-hydrogen) atoms. The van der Waals surface area contributed by atoms with Gasteiger partial charge in [0.05, 0.1) is 0 Å². The van der Waals surface area contributed by atoms with Crippen LogP contribution in [0.2, 0.25) is 0 Å². The molecular formula is C8H19N5. The van der Waals surface area contributed by atoms with E-state index in [1.54, 1.807) is 0 Å². The molecule has 0 unspecified atom stereocenters. The SMILES string of the molecule is CNCCCC[C@@H](CN=[N+]=[N-])NC. The van der Waals surface area contributed by atoms with E-state index in [2.05, 4.69) is 20.7 Å². The molecule has 0 radical (unpaired) electrons. The summed E-state index contributed by atoms with van der Waals surface area (Å²) in [5.74, 6) is 0. The number of likely N-dealkylation sites (N-methyl/N-ethyl adjacent to an activating group) is 1. The van der Waals surface area contributed by atoms with Gasteiger partial charge >= 0.3 is 0 Å². The highest BCUT2D eigenvalue weighted by Gasteiger charge is 2.02. The molecule has 0 aromatic rings. The Labute approximate surface area is 79.5 Å². The van der Waals surface area contributed by atoms with Crippen LogP contribution in [0.25, 0.3) is 10.4 Å². The number of azide groups is 1. The largest absolute Gasteiger partial charge is 0.320 e. The molecule has 0 aromatic heterocycles. The van der Waals surface area contributed by atoms with Gasteiger partial charge in [-0.25, -0.2) is 0 Å². The van der Waals surface area contributed by atoms with Crippen LogP contribution in [0, 0.1) is 0 Å². The van der Waals surface area contributed by atoms with E-state index in [-0.39, 0.29) is 0 Å². The van der Waals surface area contributed by atoms with Gasteiger partial charge in [0, 0.05) is 17.5 Å². The molecule has 0 heterocycles. The molecule has 0 rings (SSSR count). The maximum absolute atomic E-state index is 8.14. The first kappa shape index (κ1) is 12.2. The van der Waals surface area contributed by atoms with Gasteiger partial charge in [-0.1, -0.05) is 11.5 Å². The van der Waals surface area contributed by atoms with Crippen molar-refractivity contribution in [2.24, 2.45) is 5.11 Å². The second kappa shape index (κ2) is 9.32. The Morgan fingerprint density at radius 3 is 2.69 bits per heavy atom. The van der Waals surface area contributed by atoms with E-state index in [4.69, 9.17) is 5.53 Å². The first-order valence-corrected chi connectivity index (χ1v) is 4.67. The zero-order chi connectivity index (χ0) is 9.94. The lowest BCUT2D eigenvalue weighted by molar-refractivity contribution is 0.497. The highest BCUT2D eigenvalue weighted by Crippen LogP contribution is 2.00. The number of nitrogens with one attached hydrogen (secondary N) is 2. The molecule has 0 aliphatic heterocycles. The van der Waals surface area contributed by atoms with E-state index in [0.29, 0.717) is 12.6 Å². The van der Waals surface area contributed by atoms with Crippen LogP contribution in [0.3, 0.4) is 0 Å². The third kappa shape index (κ3) is 7.59. The van der Waals surface area contributed by atoms with Crippen LogP contribution in [0.5, 0.6) is 0 Å². The van der Waals surface area contributed by atoms with Gasteiger partial charge in [0.2, 0.25) is 0 Å². The van der Waals surface area contributed by atoms with Crippen molar-refractivity contribution >= 4 is 0 Å². The quantitative estimate of drug-likeness (QED) is 0.259. The lowest BCUT2D eigenvalue weighted by Gasteiger charge is -2.12. The lowest BCUT2D eigenvalue weighted by Crippen LogP contribution is -2.28. The summed E-state index contributed by atoms with van der Waals surface area (Å²) in [6, 6.07) is 0.327. The molecule has 5 heteroatoms. The van der Waals surface area contributed by atoms with E-state index >= 15 is 0 Å². The van der Waals surface area contributed by atoms with Gasteiger partial charge in [-0.15, -0.1) is 0 Å². The Morgan fingerprint density at radius 2 is 2.15 bits per heavy atom.